The Hall–Kier alpha value is -0.580. The van der Waals surface area contributed by atoms with Crippen molar-refractivity contribution in [2.24, 2.45) is 0 Å². The van der Waals surface area contributed by atoms with Crippen molar-refractivity contribution in [1.29, 1.82) is 0 Å². The molecule has 0 amide bonds. The fourth-order valence-electron chi connectivity index (χ4n) is 1.73. The summed E-state index contributed by atoms with van der Waals surface area (Å²) in [5.74, 6) is -1.08. The molecule has 82 valence electrons. The predicted octanol–water partition coefficient (Wildman–Crippen LogP) is 0.907. The molecule has 0 heterocycles. The summed E-state index contributed by atoms with van der Waals surface area (Å²) < 4.78 is 27.9. The maximum atomic E-state index is 11.6. The SMILES string of the molecule is CCOC(=O)CS(=O)(=O)C1CCCC1. The molecule has 0 bridgehead atoms. The Balaban J connectivity index is 2.52. The van der Waals surface area contributed by atoms with Crippen molar-refractivity contribution in [3.63, 3.8) is 0 Å². The fraction of sp³-hybridized carbons (Fsp3) is 0.889. The number of carbonyl (C=O) groups is 1. The summed E-state index contributed by atoms with van der Waals surface area (Å²) in [6.07, 6.45) is 3.29. The van der Waals surface area contributed by atoms with Gasteiger partial charge in [-0.25, -0.2) is 8.42 Å². The van der Waals surface area contributed by atoms with E-state index in [1.807, 2.05) is 0 Å². The van der Waals surface area contributed by atoms with Crippen LogP contribution >= 0.6 is 0 Å². The van der Waals surface area contributed by atoms with Gasteiger partial charge >= 0.3 is 5.97 Å². The smallest absolute Gasteiger partial charge is 0.321 e. The van der Waals surface area contributed by atoms with Gasteiger partial charge in [-0.05, 0) is 19.8 Å². The highest BCUT2D eigenvalue weighted by molar-refractivity contribution is 7.92. The summed E-state index contributed by atoms with van der Waals surface area (Å²) in [5.41, 5.74) is 0. The van der Waals surface area contributed by atoms with Crippen molar-refractivity contribution < 1.29 is 17.9 Å². The van der Waals surface area contributed by atoms with Crippen LogP contribution in [-0.2, 0) is 19.4 Å². The Morgan fingerprint density at radius 1 is 1.36 bits per heavy atom. The first kappa shape index (κ1) is 11.5. The van der Waals surface area contributed by atoms with Crippen LogP contribution in [0, 0.1) is 0 Å². The number of rotatable bonds is 4. The first-order valence-corrected chi connectivity index (χ1v) is 6.65. The van der Waals surface area contributed by atoms with Crippen molar-refractivity contribution >= 4 is 15.8 Å². The first-order valence-electron chi connectivity index (χ1n) is 4.93. The zero-order valence-corrected chi connectivity index (χ0v) is 9.18. The Morgan fingerprint density at radius 3 is 2.43 bits per heavy atom. The topological polar surface area (TPSA) is 60.4 Å². The minimum atomic E-state index is -3.26. The third kappa shape index (κ3) is 2.97. The van der Waals surface area contributed by atoms with Crippen LogP contribution < -0.4 is 0 Å². The van der Waals surface area contributed by atoms with Gasteiger partial charge in [-0.15, -0.1) is 0 Å². The summed E-state index contributed by atoms with van der Waals surface area (Å²) in [7, 11) is -3.26. The van der Waals surface area contributed by atoms with Crippen molar-refractivity contribution in [3.05, 3.63) is 0 Å². The highest BCUT2D eigenvalue weighted by atomic mass is 32.2. The number of esters is 1. The highest BCUT2D eigenvalue weighted by Gasteiger charge is 2.30. The molecule has 0 radical (unpaired) electrons. The van der Waals surface area contributed by atoms with Crippen LogP contribution in [0.5, 0.6) is 0 Å². The van der Waals surface area contributed by atoms with E-state index in [9.17, 15) is 13.2 Å². The normalized spacial score (nSPS) is 18.4. The maximum Gasteiger partial charge on any atom is 0.321 e. The van der Waals surface area contributed by atoms with E-state index >= 15 is 0 Å². The lowest BCUT2D eigenvalue weighted by Crippen LogP contribution is -2.27. The van der Waals surface area contributed by atoms with E-state index in [0.29, 0.717) is 12.8 Å². The van der Waals surface area contributed by atoms with Gasteiger partial charge in [0.15, 0.2) is 9.84 Å². The van der Waals surface area contributed by atoms with E-state index in [1.165, 1.54) is 0 Å². The van der Waals surface area contributed by atoms with Gasteiger partial charge < -0.3 is 4.74 Å². The molecule has 1 aliphatic carbocycles. The Labute approximate surface area is 84.6 Å². The second-order valence-electron chi connectivity index (χ2n) is 3.52. The number of carbonyl (C=O) groups excluding carboxylic acids is 1. The van der Waals surface area contributed by atoms with Crippen LogP contribution in [0.25, 0.3) is 0 Å². The summed E-state index contributed by atoms with van der Waals surface area (Å²) >= 11 is 0. The molecule has 1 aliphatic rings. The zero-order chi connectivity index (χ0) is 10.6. The molecule has 1 rings (SSSR count). The molecule has 4 nitrogen and oxygen atoms in total. The van der Waals surface area contributed by atoms with Gasteiger partial charge in [0.25, 0.3) is 0 Å². The van der Waals surface area contributed by atoms with Crippen molar-refractivity contribution in [2.45, 2.75) is 37.9 Å². The van der Waals surface area contributed by atoms with Crippen LogP contribution in [0.15, 0.2) is 0 Å². The molecule has 0 aromatic heterocycles. The van der Waals surface area contributed by atoms with Crippen molar-refractivity contribution in [1.82, 2.24) is 0 Å². The van der Waals surface area contributed by atoms with Gasteiger partial charge in [-0.1, -0.05) is 12.8 Å². The van der Waals surface area contributed by atoms with Gasteiger partial charge in [0.05, 0.1) is 11.9 Å². The molecule has 0 unspecified atom stereocenters. The molecular formula is C9H16O4S. The molecule has 1 saturated carbocycles. The second-order valence-corrected chi connectivity index (χ2v) is 5.80. The molecule has 0 aromatic carbocycles. The van der Waals surface area contributed by atoms with Crippen molar-refractivity contribution in [3.8, 4) is 0 Å². The van der Waals surface area contributed by atoms with Crippen LogP contribution in [0.4, 0.5) is 0 Å². The van der Waals surface area contributed by atoms with E-state index in [2.05, 4.69) is 4.74 Å². The molecule has 0 spiro atoms. The number of ether oxygens (including phenoxy) is 1. The van der Waals surface area contributed by atoms with Crippen LogP contribution in [0.1, 0.15) is 32.6 Å². The predicted molar refractivity (Wildman–Crippen MR) is 52.7 cm³/mol. The molecule has 1 fully saturated rings. The average Bonchev–Trinajstić information content (AvgIpc) is 2.54. The summed E-state index contributed by atoms with van der Waals surface area (Å²) in [6.45, 7) is 1.90. The standard InChI is InChI=1S/C9H16O4S/c1-2-13-9(10)7-14(11,12)8-5-3-4-6-8/h8H,2-7H2,1H3. The van der Waals surface area contributed by atoms with E-state index in [-0.39, 0.29) is 11.9 Å². The Bertz CT molecular complexity index is 288. The van der Waals surface area contributed by atoms with Gasteiger partial charge in [0.1, 0.15) is 5.75 Å². The molecule has 0 aliphatic heterocycles. The summed E-state index contributed by atoms with van der Waals surface area (Å²) in [4.78, 5) is 11.0. The third-order valence-electron chi connectivity index (χ3n) is 2.43. The van der Waals surface area contributed by atoms with Gasteiger partial charge in [0.2, 0.25) is 0 Å². The molecule has 0 N–H and O–H groups in total. The molecule has 0 saturated heterocycles. The van der Waals surface area contributed by atoms with Gasteiger partial charge in [-0.2, -0.15) is 0 Å². The molecule has 0 atom stereocenters. The zero-order valence-electron chi connectivity index (χ0n) is 8.36. The first-order chi connectivity index (χ1) is 6.56. The summed E-state index contributed by atoms with van der Waals surface area (Å²) in [6, 6.07) is 0. The number of hydrogen-bond acceptors (Lipinski definition) is 4. The van der Waals surface area contributed by atoms with E-state index < -0.39 is 21.6 Å². The Kier molecular flexibility index (Phi) is 3.92. The highest BCUT2D eigenvalue weighted by Crippen LogP contribution is 2.25. The second kappa shape index (κ2) is 4.77. The van der Waals surface area contributed by atoms with E-state index in [1.54, 1.807) is 6.92 Å². The van der Waals surface area contributed by atoms with Crippen LogP contribution in [-0.4, -0.2) is 32.0 Å². The minimum Gasteiger partial charge on any atom is -0.465 e. The number of sulfone groups is 1. The van der Waals surface area contributed by atoms with Gasteiger partial charge in [-0.3, -0.25) is 4.79 Å². The third-order valence-corrected chi connectivity index (χ3v) is 4.56. The Morgan fingerprint density at radius 2 is 1.93 bits per heavy atom. The maximum absolute atomic E-state index is 11.6. The lowest BCUT2D eigenvalue weighted by atomic mass is 10.4. The summed E-state index contributed by atoms with van der Waals surface area (Å²) in [5, 5.41) is -0.313. The quantitative estimate of drug-likeness (QED) is 0.661. The van der Waals surface area contributed by atoms with Crippen molar-refractivity contribution in [2.75, 3.05) is 12.4 Å². The fourth-order valence-corrected chi connectivity index (χ4v) is 3.43. The molecule has 0 aromatic rings. The minimum absolute atomic E-state index is 0.235. The average molecular weight is 220 g/mol. The molecule has 14 heavy (non-hydrogen) atoms. The molecular weight excluding hydrogens is 204 g/mol. The monoisotopic (exact) mass is 220 g/mol. The van der Waals surface area contributed by atoms with Crippen LogP contribution in [0.3, 0.4) is 0 Å². The van der Waals surface area contributed by atoms with Gasteiger partial charge in [0, 0.05) is 0 Å². The molecule has 5 heteroatoms. The van der Waals surface area contributed by atoms with E-state index in [0.717, 1.165) is 12.8 Å². The largest absolute Gasteiger partial charge is 0.465 e. The lowest BCUT2D eigenvalue weighted by Gasteiger charge is -2.09. The van der Waals surface area contributed by atoms with Crippen LogP contribution in [0.2, 0.25) is 0 Å². The van der Waals surface area contributed by atoms with E-state index in [4.69, 9.17) is 0 Å². The number of hydrogen-bond donors (Lipinski definition) is 0. The lowest BCUT2D eigenvalue weighted by molar-refractivity contribution is -0.139.